The minimum Gasteiger partial charge on any atom is -0.338 e. The largest absolute Gasteiger partial charge is 0.338 e. The van der Waals surface area contributed by atoms with Gasteiger partial charge in [-0.05, 0) is 50.8 Å². The summed E-state index contributed by atoms with van der Waals surface area (Å²) in [6.07, 6.45) is 2.84. The Labute approximate surface area is 223 Å². The third kappa shape index (κ3) is 4.99. The molecule has 200 valence electrons. The Morgan fingerprint density at radius 3 is 2.38 bits per heavy atom. The van der Waals surface area contributed by atoms with E-state index in [0.29, 0.717) is 12.8 Å². The predicted molar refractivity (Wildman–Crippen MR) is 139 cm³/mol. The minimum absolute atomic E-state index is 0.0244. The molecule has 2 atom stereocenters. The van der Waals surface area contributed by atoms with Crippen LogP contribution in [-0.4, -0.2) is 96.6 Å². The molecule has 5 rings (SSSR count). The first-order valence-corrected chi connectivity index (χ1v) is 15.1. The van der Waals surface area contributed by atoms with Crippen LogP contribution in [0.4, 0.5) is 0 Å². The number of halogens is 1. The van der Waals surface area contributed by atoms with Gasteiger partial charge in [0, 0.05) is 45.2 Å². The Kier molecular flexibility index (Phi) is 7.03. The first kappa shape index (κ1) is 26.4. The minimum atomic E-state index is -3.82. The van der Waals surface area contributed by atoms with Crippen LogP contribution in [0.5, 0.6) is 0 Å². The van der Waals surface area contributed by atoms with Gasteiger partial charge in [-0.2, -0.15) is 5.26 Å². The van der Waals surface area contributed by atoms with Crippen molar-refractivity contribution in [2.45, 2.75) is 72.7 Å². The van der Waals surface area contributed by atoms with E-state index in [2.05, 4.69) is 28.1 Å². The van der Waals surface area contributed by atoms with Gasteiger partial charge in [0.25, 0.3) is 0 Å². The number of hydrogen-bond acceptors (Lipinski definition) is 7. The van der Waals surface area contributed by atoms with Gasteiger partial charge in [-0.25, -0.2) is 8.42 Å². The molecular weight excluding hydrogens is 514 g/mol. The summed E-state index contributed by atoms with van der Waals surface area (Å²) in [6, 6.07) is 7.94. The van der Waals surface area contributed by atoms with Crippen LogP contribution in [0.1, 0.15) is 45.4 Å². The number of hydrogen-bond donors (Lipinski definition) is 1. The number of benzene rings is 1. The van der Waals surface area contributed by atoms with E-state index in [0.717, 1.165) is 45.6 Å². The fourth-order valence-corrected chi connectivity index (χ4v) is 8.12. The lowest BCUT2D eigenvalue weighted by Crippen LogP contribution is -2.58. The first-order valence-electron chi connectivity index (χ1n) is 13.1. The number of rotatable bonds is 8. The first-order chi connectivity index (χ1) is 17.6. The number of likely N-dealkylation sites (N-methyl/N-ethyl adjacent to an activating group) is 1. The normalized spacial score (nSPS) is 26.9. The molecule has 2 heterocycles. The van der Waals surface area contributed by atoms with Crippen molar-refractivity contribution in [2.75, 3.05) is 39.3 Å². The molecule has 2 aliphatic carbocycles. The molecule has 2 saturated carbocycles. The van der Waals surface area contributed by atoms with E-state index in [4.69, 9.17) is 11.6 Å². The number of carbonyl (C=O) groups is 2. The quantitative estimate of drug-likeness (QED) is 0.528. The molecule has 2 saturated heterocycles. The highest BCUT2D eigenvalue weighted by atomic mass is 35.5. The second-order valence-electron chi connectivity index (χ2n) is 10.8. The van der Waals surface area contributed by atoms with E-state index in [1.54, 1.807) is 23.1 Å². The van der Waals surface area contributed by atoms with Crippen molar-refractivity contribution in [3.63, 3.8) is 0 Å². The van der Waals surface area contributed by atoms with E-state index in [1.165, 1.54) is 6.07 Å². The summed E-state index contributed by atoms with van der Waals surface area (Å²) in [7, 11) is -3.82. The second kappa shape index (κ2) is 9.84. The number of carbonyl (C=O) groups excluding carboxylic acids is 2. The lowest BCUT2D eigenvalue weighted by molar-refractivity contribution is -0.141. The number of piperazine rings is 1. The van der Waals surface area contributed by atoms with Crippen LogP contribution >= 0.6 is 11.6 Å². The van der Waals surface area contributed by atoms with Crippen molar-refractivity contribution in [1.82, 2.24) is 20.0 Å². The van der Waals surface area contributed by atoms with Crippen molar-refractivity contribution in [1.29, 1.82) is 5.26 Å². The van der Waals surface area contributed by atoms with Crippen LogP contribution in [-0.2, 0) is 19.4 Å². The topological polar surface area (TPSA) is 114 Å². The van der Waals surface area contributed by atoms with Gasteiger partial charge in [-0.15, -0.1) is 0 Å². The zero-order valence-corrected chi connectivity index (χ0v) is 22.7. The molecule has 4 aliphatic rings. The van der Waals surface area contributed by atoms with E-state index < -0.39 is 32.2 Å². The standard InChI is InChI=1S/C26H34ClN5O4S/c1-2-30-11-13-31(14-12-30)26(9-10-26)24(34)32-17-20(37(35,36)22-6-4-3-5-21(22)27)15-19(32)16-23(33)29-25(18-28)7-8-25/h3-6,19-20H,2,7-17H2,1H3,(H,29,33)/t19-,20-/m1/s1. The Morgan fingerprint density at radius 2 is 1.81 bits per heavy atom. The average molecular weight is 548 g/mol. The highest BCUT2D eigenvalue weighted by Gasteiger charge is 2.59. The second-order valence-corrected chi connectivity index (χ2v) is 13.4. The van der Waals surface area contributed by atoms with Crippen molar-refractivity contribution in [3.8, 4) is 6.07 Å². The Hall–Kier alpha value is -2.19. The maximum Gasteiger partial charge on any atom is 0.243 e. The van der Waals surface area contributed by atoms with Crippen molar-refractivity contribution in [3.05, 3.63) is 29.3 Å². The number of nitrogens with zero attached hydrogens (tertiary/aromatic N) is 4. The summed E-state index contributed by atoms with van der Waals surface area (Å²) in [5.74, 6) is -0.396. The Morgan fingerprint density at radius 1 is 1.14 bits per heavy atom. The molecule has 4 fully saturated rings. The monoisotopic (exact) mass is 547 g/mol. The molecule has 0 spiro atoms. The average Bonchev–Trinajstić information content (AvgIpc) is 3.81. The highest BCUT2D eigenvalue weighted by molar-refractivity contribution is 7.92. The van der Waals surface area contributed by atoms with Crippen molar-refractivity contribution >= 4 is 33.3 Å². The van der Waals surface area contributed by atoms with Crippen molar-refractivity contribution < 1.29 is 18.0 Å². The summed E-state index contributed by atoms with van der Waals surface area (Å²) in [5, 5.41) is 11.5. The van der Waals surface area contributed by atoms with E-state index in [9.17, 15) is 23.3 Å². The van der Waals surface area contributed by atoms with Gasteiger partial charge >= 0.3 is 0 Å². The summed E-state index contributed by atoms with van der Waals surface area (Å²) in [6.45, 7) is 6.53. The Balaban J connectivity index is 1.38. The number of nitriles is 1. The lowest BCUT2D eigenvalue weighted by Gasteiger charge is -2.40. The zero-order valence-electron chi connectivity index (χ0n) is 21.2. The van der Waals surface area contributed by atoms with E-state index >= 15 is 0 Å². The van der Waals surface area contributed by atoms with Crippen LogP contribution in [0, 0.1) is 11.3 Å². The van der Waals surface area contributed by atoms with Gasteiger partial charge in [-0.3, -0.25) is 14.5 Å². The zero-order chi connectivity index (χ0) is 26.4. The number of amides is 2. The van der Waals surface area contributed by atoms with Crippen molar-refractivity contribution in [2.24, 2.45) is 0 Å². The van der Waals surface area contributed by atoms with Crippen LogP contribution in [0.3, 0.4) is 0 Å². The molecule has 2 amide bonds. The third-order valence-electron chi connectivity index (χ3n) is 8.53. The van der Waals surface area contributed by atoms with Gasteiger partial charge < -0.3 is 15.1 Å². The molecule has 11 heteroatoms. The predicted octanol–water partition coefficient (Wildman–Crippen LogP) is 1.82. The van der Waals surface area contributed by atoms with Gasteiger partial charge in [-0.1, -0.05) is 30.7 Å². The molecule has 1 aromatic rings. The van der Waals surface area contributed by atoms with Crippen LogP contribution < -0.4 is 5.32 Å². The van der Waals surface area contributed by atoms with Gasteiger partial charge in [0.15, 0.2) is 9.84 Å². The molecular formula is C26H34ClN5O4S. The SMILES string of the molecule is CCN1CCN(C2(C(=O)N3C[C@H](S(=O)(=O)c4ccccc4Cl)C[C@@H]3CC(=O)NC3(C#N)CC3)CC2)CC1. The van der Waals surface area contributed by atoms with E-state index in [-0.39, 0.29) is 41.1 Å². The molecule has 37 heavy (non-hydrogen) atoms. The Bertz CT molecular complexity index is 1220. The van der Waals surface area contributed by atoms with Crippen LogP contribution in [0.15, 0.2) is 29.2 Å². The van der Waals surface area contributed by atoms with Gasteiger partial charge in [0.1, 0.15) is 11.1 Å². The summed E-state index contributed by atoms with van der Waals surface area (Å²) in [5.41, 5.74) is -1.42. The molecule has 0 unspecified atom stereocenters. The van der Waals surface area contributed by atoms with Gasteiger partial charge in [0.2, 0.25) is 11.8 Å². The fourth-order valence-electron chi connectivity index (χ4n) is 5.86. The number of nitrogens with one attached hydrogen (secondary N) is 1. The lowest BCUT2D eigenvalue weighted by atomic mass is 10.1. The third-order valence-corrected chi connectivity index (χ3v) is 11.2. The molecule has 2 aliphatic heterocycles. The molecule has 0 bridgehead atoms. The molecule has 9 nitrogen and oxygen atoms in total. The summed E-state index contributed by atoms with van der Waals surface area (Å²) < 4.78 is 27.2. The van der Waals surface area contributed by atoms with Crippen LogP contribution in [0.25, 0.3) is 0 Å². The maximum absolute atomic E-state index is 14.1. The van der Waals surface area contributed by atoms with E-state index in [1.807, 2.05) is 0 Å². The fraction of sp³-hybridized carbons (Fsp3) is 0.654. The molecule has 1 N–H and O–H groups in total. The van der Waals surface area contributed by atoms with Crippen LogP contribution in [0.2, 0.25) is 5.02 Å². The maximum atomic E-state index is 14.1. The molecule has 0 radical (unpaired) electrons. The highest BCUT2D eigenvalue weighted by Crippen LogP contribution is 2.46. The van der Waals surface area contributed by atoms with Gasteiger partial charge in [0.05, 0.1) is 21.2 Å². The number of sulfone groups is 1. The smallest absolute Gasteiger partial charge is 0.243 e. The molecule has 0 aromatic heterocycles. The molecule has 1 aromatic carbocycles. The summed E-state index contributed by atoms with van der Waals surface area (Å²) >= 11 is 6.25. The summed E-state index contributed by atoms with van der Waals surface area (Å²) in [4.78, 5) is 33.3. The number of likely N-dealkylation sites (tertiary alicyclic amines) is 1.